The van der Waals surface area contributed by atoms with Gasteiger partial charge >= 0.3 is 17.8 Å². The van der Waals surface area contributed by atoms with Crippen LogP contribution in [-0.4, -0.2) is 47.6 Å². The second-order valence-electron chi connectivity index (χ2n) is 7.36. The van der Waals surface area contributed by atoms with E-state index < -0.39 is 23.3 Å². The first-order valence-electron chi connectivity index (χ1n) is 9.82. The third-order valence-electron chi connectivity index (χ3n) is 4.88. The van der Waals surface area contributed by atoms with Crippen molar-refractivity contribution in [1.29, 1.82) is 0 Å². The predicted molar refractivity (Wildman–Crippen MR) is 117 cm³/mol. The molecule has 3 aromatic rings. The Hall–Kier alpha value is -4.34. The normalized spacial score (nSPS) is 12.3. The van der Waals surface area contributed by atoms with Gasteiger partial charge in [0.1, 0.15) is 17.0 Å². The zero-order chi connectivity index (χ0) is 24.0. The first-order valence-corrected chi connectivity index (χ1v) is 9.82. The van der Waals surface area contributed by atoms with Crippen LogP contribution in [0.1, 0.15) is 12.5 Å². The predicted octanol–water partition coefficient (Wildman–Crippen LogP) is 2.28. The van der Waals surface area contributed by atoms with E-state index >= 15 is 0 Å². The fraction of sp³-hybridized carbons (Fsp3) is 0.217. The summed E-state index contributed by atoms with van der Waals surface area (Å²) in [6.07, 6.45) is 2.84. The number of ether oxygens (including phenoxy) is 2. The van der Waals surface area contributed by atoms with Crippen molar-refractivity contribution in [2.24, 2.45) is 0 Å². The van der Waals surface area contributed by atoms with Crippen molar-refractivity contribution in [3.63, 3.8) is 0 Å². The van der Waals surface area contributed by atoms with E-state index in [1.165, 1.54) is 51.9 Å². The van der Waals surface area contributed by atoms with Crippen LogP contribution in [0.3, 0.4) is 0 Å². The number of anilines is 1. The SMILES string of the molecule is COC(=O)C(C)(Cc1ccc(O)cc1)NC(=O)C(=O)Nc1ccc(-c2cnco2)c(OC)c1. The number of carbonyl (C=O) groups is 3. The van der Waals surface area contributed by atoms with Gasteiger partial charge in [-0.25, -0.2) is 9.78 Å². The number of rotatable bonds is 7. The number of esters is 1. The van der Waals surface area contributed by atoms with Crippen molar-refractivity contribution in [3.05, 3.63) is 60.6 Å². The third-order valence-corrected chi connectivity index (χ3v) is 4.88. The van der Waals surface area contributed by atoms with Crippen molar-refractivity contribution < 1.29 is 33.4 Å². The van der Waals surface area contributed by atoms with E-state index in [0.29, 0.717) is 28.3 Å². The standard InChI is InChI=1S/C23H23N3O7/c1-23(22(30)32-3,11-14-4-7-16(27)8-5-14)26-21(29)20(28)25-15-6-9-17(18(10-15)31-2)19-12-24-13-33-19/h4-10,12-13,27H,11H2,1-3H3,(H,25,28)(H,26,29). The summed E-state index contributed by atoms with van der Waals surface area (Å²) in [4.78, 5) is 41.4. The van der Waals surface area contributed by atoms with Gasteiger partial charge in [0.15, 0.2) is 12.2 Å². The minimum absolute atomic E-state index is 0.0404. The molecule has 1 aromatic heterocycles. The molecule has 1 atom stereocenters. The maximum atomic E-state index is 12.6. The summed E-state index contributed by atoms with van der Waals surface area (Å²) in [6.45, 7) is 1.45. The van der Waals surface area contributed by atoms with Crippen LogP contribution in [0, 0.1) is 0 Å². The quantitative estimate of drug-likeness (QED) is 0.366. The van der Waals surface area contributed by atoms with Gasteiger partial charge in [-0.3, -0.25) is 9.59 Å². The van der Waals surface area contributed by atoms with Gasteiger partial charge in [0.05, 0.1) is 26.0 Å². The topological polar surface area (TPSA) is 140 Å². The molecule has 0 saturated carbocycles. The Kier molecular flexibility index (Phi) is 6.97. The fourth-order valence-electron chi connectivity index (χ4n) is 3.23. The smallest absolute Gasteiger partial charge is 0.331 e. The van der Waals surface area contributed by atoms with E-state index in [2.05, 4.69) is 15.6 Å². The molecule has 0 aliphatic carbocycles. The Morgan fingerprint density at radius 3 is 2.42 bits per heavy atom. The first-order chi connectivity index (χ1) is 15.8. The molecular formula is C23H23N3O7. The Morgan fingerprint density at radius 1 is 1.09 bits per heavy atom. The molecule has 0 aliphatic heterocycles. The van der Waals surface area contributed by atoms with Crippen LogP contribution >= 0.6 is 0 Å². The molecule has 2 aromatic carbocycles. The Bertz CT molecular complexity index is 1140. The minimum atomic E-state index is -1.52. The van der Waals surface area contributed by atoms with Gasteiger partial charge in [-0.1, -0.05) is 12.1 Å². The van der Waals surface area contributed by atoms with Crippen LogP contribution in [0.2, 0.25) is 0 Å². The van der Waals surface area contributed by atoms with Crippen molar-refractivity contribution in [2.45, 2.75) is 18.9 Å². The average molecular weight is 453 g/mol. The summed E-state index contributed by atoms with van der Waals surface area (Å²) in [5.41, 5.74) is 0.0425. The summed E-state index contributed by atoms with van der Waals surface area (Å²) in [7, 11) is 2.64. The summed E-state index contributed by atoms with van der Waals surface area (Å²) < 4.78 is 15.4. The average Bonchev–Trinajstić information content (AvgIpc) is 3.34. The maximum absolute atomic E-state index is 12.6. The van der Waals surface area contributed by atoms with Crippen LogP contribution in [0.5, 0.6) is 11.5 Å². The number of hydrogen-bond acceptors (Lipinski definition) is 8. The third kappa shape index (κ3) is 5.48. The number of aromatic nitrogens is 1. The largest absolute Gasteiger partial charge is 0.508 e. The monoisotopic (exact) mass is 453 g/mol. The molecule has 33 heavy (non-hydrogen) atoms. The van der Waals surface area contributed by atoms with Crippen LogP contribution in [-0.2, 0) is 25.5 Å². The number of phenolic OH excluding ortho intramolecular Hbond substituents is 1. The number of hydrogen-bond donors (Lipinski definition) is 3. The molecule has 0 spiro atoms. The zero-order valence-electron chi connectivity index (χ0n) is 18.2. The molecule has 0 radical (unpaired) electrons. The van der Waals surface area contributed by atoms with Gasteiger partial charge in [-0.05, 0) is 36.8 Å². The molecule has 1 unspecified atom stereocenters. The first kappa shape index (κ1) is 23.3. The van der Waals surface area contributed by atoms with E-state index in [-0.39, 0.29) is 12.2 Å². The Balaban J connectivity index is 1.74. The highest BCUT2D eigenvalue weighted by Gasteiger charge is 2.38. The van der Waals surface area contributed by atoms with E-state index in [1.807, 2.05) is 0 Å². The molecule has 2 amide bonds. The highest BCUT2D eigenvalue weighted by atomic mass is 16.5. The van der Waals surface area contributed by atoms with Crippen LogP contribution < -0.4 is 15.4 Å². The molecule has 0 saturated heterocycles. The van der Waals surface area contributed by atoms with E-state index in [9.17, 15) is 19.5 Å². The van der Waals surface area contributed by atoms with Crippen molar-refractivity contribution in [3.8, 4) is 22.8 Å². The summed E-state index contributed by atoms with van der Waals surface area (Å²) in [6, 6.07) is 10.9. The fourth-order valence-corrected chi connectivity index (χ4v) is 3.23. The van der Waals surface area contributed by atoms with Crippen molar-refractivity contribution in [2.75, 3.05) is 19.5 Å². The Morgan fingerprint density at radius 2 is 1.82 bits per heavy atom. The van der Waals surface area contributed by atoms with Gasteiger partial charge in [0.25, 0.3) is 0 Å². The highest BCUT2D eigenvalue weighted by Crippen LogP contribution is 2.32. The molecule has 10 heteroatoms. The van der Waals surface area contributed by atoms with Gasteiger partial charge < -0.3 is 29.6 Å². The lowest BCUT2D eigenvalue weighted by atomic mass is 9.92. The van der Waals surface area contributed by atoms with Crippen molar-refractivity contribution >= 4 is 23.5 Å². The molecule has 0 fully saturated rings. The van der Waals surface area contributed by atoms with E-state index in [0.717, 1.165) is 0 Å². The number of phenols is 1. The number of nitrogens with one attached hydrogen (secondary N) is 2. The lowest BCUT2D eigenvalue weighted by Crippen LogP contribution is -2.56. The lowest BCUT2D eigenvalue weighted by Gasteiger charge is -2.27. The number of oxazole rings is 1. The van der Waals surface area contributed by atoms with Crippen LogP contribution in [0.25, 0.3) is 11.3 Å². The molecule has 3 N–H and O–H groups in total. The second kappa shape index (κ2) is 9.86. The zero-order valence-corrected chi connectivity index (χ0v) is 18.2. The molecular weight excluding hydrogens is 430 g/mol. The molecule has 1 heterocycles. The van der Waals surface area contributed by atoms with Gasteiger partial charge in [0, 0.05) is 18.2 Å². The molecule has 3 rings (SSSR count). The van der Waals surface area contributed by atoms with Crippen LogP contribution in [0.15, 0.2) is 59.5 Å². The van der Waals surface area contributed by atoms with Gasteiger partial charge in [0.2, 0.25) is 0 Å². The van der Waals surface area contributed by atoms with E-state index in [1.54, 1.807) is 24.3 Å². The minimum Gasteiger partial charge on any atom is -0.508 e. The molecule has 0 aliphatic rings. The highest BCUT2D eigenvalue weighted by molar-refractivity contribution is 6.40. The summed E-state index contributed by atoms with van der Waals surface area (Å²) in [5, 5.41) is 14.4. The Labute approximate surface area is 189 Å². The number of benzene rings is 2. The summed E-state index contributed by atoms with van der Waals surface area (Å²) in [5.74, 6) is -1.80. The number of amides is 2. The maximum Gasteiger partial charge on any atom is 0.331 e. The summed E-state index contributed by atoms with van der Waals surface area (Å²) >= 11 is 0. The second-order valence-corrected chi connectivity index (χ2v) is 7.36. The number of nitrogens with zero attached hydrogens (tertiary/aromatic N) is 1. The lowest BCUT2D eigenvalue weighted by molar-refractivity contribution is -0.151. The number of carbonyl (C=O) groups excluding carboxylic acids is 3. The van der Waals surface area contributed by atoms with E-state index in [4.69, 9.17) is 13.9 Å². The molecule has 10 nitrogen and oxygen atoms in total. The van der Waals surface area contributed by atoms with Crippen molar-refractivity contribution in [1.82, 2.24) is 10.3 Å². The number of aromatic hydroxyl groups is 1. The van der Waals surface area contributed by atoms with Crippen LogP contribution in [0.4, 0.5) is 5.69 Å². The number of methoxy groups -OCH3 is 2. The van der Waals surface area contributed by atoms with Gasteiger partial charge in [-0.2, -0.15) is 0 Å². The molecule has 0 bridgehead atoms. The van der Waals surface area contributed by atoms with Gasteiger partial charge in [-0.15, -0.1) is 0 Å². The molecule has 172 valence electrons.